The Hall–Kier alpha value is -3.20. The average molecular weight is 458 g/mol. The molecule has 3 heterocycles. The number of nitrogens with two attached hydrogens (primary N) is 1. The molecule has 0 fully saturated rings. The van der Waals surface area contributed by atoms with Gasteiger partial charge in [0, 0.05) is 28.8 Å². The van der Waals surface area contributed by atoms with Gasteiger partial charge in [0.2, 0.25) is 0 Å². The Morgan fingerprint density at radius 1 is 1.24 bits per heavy atom. The second-order valence-electron chi connectivity index (χ2n) is 8.94. The normalized spacial score (nSPS) is 15.2. The van der Waals surface area contributed by atoms with Crippen molar-refractivity contribution in [1.29, 1.82) is 0 Å². The maximum atomic E-state index is 13.4. The Balaban J connectivity index is 1.68. The lowest BCUT2D eigenvalue weighted by molar-refractivity contribution is -0.137. The van der Waals surface area contributed by atoms with Crippen LogP contribution in [0.15, 0.2) is 36.5 Å². The molecule has 0 spiro atoms. The Morgan fingerprint density at radius 2 is 1.97 bits per heavy atom. The van der Waals surface area contributed by atoms with Gasteiger partial charge < -0.3 is 15.4 Å². The van der Waals surface area contributed by atoms with E-state index < -0.39 is 17.3 Å². The number of aromatic nitrogens is 2. The Morgan fingerprint density at radius 3 is 2.58 bits per heavy atom. The summed E-state index contributed by atoms with van der Waals surface area (Å²) in [6, 6.07) is 7.28. The summed E-state index contributed by atoms with van der Waals surface area (Å²) in [6.07, 6.45) is -3.67. The van der Waals surface area contributed by atoms with Crippen molar-refractivity contribution in [2.24, 2.45) is 0 Å². The van der Waals surface area contributed by atoms with E-state index in [1.54, 1.807) is 23.1 Å². The highest BCUT2D eigenvalue weighted by atomic mass is 19.4. The predicted octanol–water partition coefficient (Wildman–Crippen LogP) is 5.05. The van der Waals surface area contributed by atoms with E-state index in [1.165, 1.54) is 6.07 Å². The summed E-state index contributed by atoms with van der Waals surface area (Å²) in [4.78, 5) is 23.4. The van der Waals surface area contributed by atoms with E-state index in [0.717, 1.165) is 28.8 Å². The number of carbonyl (C=O) groups is 1. The number of nitrogens with zero attached hydrogens (tertiary/aromatic N) is 3. The molecule has 4 rings (SSSR count). The van der Waals surface area contributed by atoms with Crippen LogP contribution in [-0.4, -0.2) is 26.8 Å². The molecule has 0 unspecified atom stereocenters. The number of fused-ring (bicyclic) bond motifs is 3. The molecular weight excluding hydrogens is 433 g/mol. The number of hydrogen-bond acceptors (Lipinski definition) is 5. The summed E-state index contributed by atoms with van der Waals surface area (Å²) in [5.41, 5.74) is 8.01. The summed E-state index contributed by atoms with van der Waals surface area (Å²) in [6.45, 7) is 8.00. The SMILES string of the molecule is CC(C)N(Cc1ccc(C(F)(F)F)cn1)C(=O)c1ccc2nc(N)c3c(c2c1)COC3(C)C. The maximum absolute atomic E-state index is 13.4. The highest BCUT2D eigenvalue weighted by Crippen LogP contribution is 2.42. The van der Waals surface area contributed by atoms with Crippen molar-refractivity contribution in [3.63, 3.8) is 0 Å². The van der Waals surface area contributed by atoms with Gasteiger partial charge in [-0.05, 0) is 63.6 Å². The van der Waals surface area contributed by atoms with Gasteiger partial charge in [-0.3, -0.25) is 9.78 Å². The Labute approximate surface area is 189 Å². The van der Waals surface area contributed by atoms with Crippen LogP contribution in [0.4, 0.5) is 19.0 Å². The third-order valence-electron chi connectivity index (χ3n) is 5.92. The molecule has 0 atom stereocenters. The molecule has 0 saturated carbocycles. The van der Waals surface area contributed by atoms with Crippen LogP contribution in [0.1, 0.15) is 60.4 Å². The van der Waals surface area contributed by atoms with Crippen molar-refractivity contribution in [3.8, 4) is 0 Å². The van der Waals surface area contributed by atoms with Crippen molar-refractivity contribution >= 4 is 22.6 Å². The van der Waals surface area contributed by atoms with E-state index in [1.807, 2.05) is 27.7 Å². The highest BCUT2D eigenvalue weighted by Gasteiger charge is 2.35. The quantitative estimate of drug-likeness (QED) is 0.592. The number of carbonyl (C=O) groups excluding carboxylic acids is 1. The first-order chi connectivity index (χ1) is 15.4. The van der Waals surface area contributed by atoms with Gasteiger partial charge in [-0.15, -0.1) is 0 Å². The first-order valence-electron chi connectivity index (χ1n) is 10.6. The average Bonchev–Trinajstić information content (AvgIpc) is 3.07. The van der Waals surface area contributed by atoms with Crippen molar-refractivity contribution in [1.82, 2.24) is 14.9 Å². The lowest BCUT2D eigenvalue weighted by Gasteiger charge is -2.27. The third-order valence-corrected chi connectivity index (χ3v) is 5.92. The number of amides is 1. The number of nitrogen functional groups attached to an aromatic ring is 1. The van der Waals surface area contributed by atoms with Crippen LogP contribution in [0, 0.1) is 0 Å². The first-order valence-corrected chi connectivity index (χ1v) is 10.6. The zero-order chi connectivity index (χ0) is 24.1. The minimum atomic E-state index is -4.46. The van der Waals surface area contributed by atoms with Gasteiger partial charge in [-0.25, -0.2) is 4.98 Å². The van der Waals surface area contributed by atoms with Crippen molar-refractivity contribution in [3.05, 3.63) is 64.5 Å². The standard InChI is InChI=1S/C24H25F3N4O2/c1-13(2)31(11-16-7-6-15(10-29-16)24(25,26)27)22(32)14-5-8-19-17(9-14)18-12-33-23(3,4)20(18)21(28)30-19/h5-10,13H,11-12H2,1-4H3,(H2,28,30). The van der Waals surface area contributed by atoms with Gasteiger partial charge >= 0.3 is 6.18 Å². The van der Waals surface area contributed by atoms with Crippen LogP contribution in [-0.2, 0) is 29.7 Å². The highest BCUT2D eigenvalue weighted by molar-refractivity contribution is 5.99. The van der Waals surface area contributed by atoms with E-state index in [2.05, 4.69) is 9.97 Å². The summed E-state index contributed by atoms with van der Waals surface area (Å²) < 4.78 is 44.4. The second-order valence-corrected chi connectivity index (χ2v) is 8.94. The van der Waals surface area contributed by atoms with Crippen LogP contribution < -0.4 is 5.73 Å². The van der Waals surface area contributed by atoms with E-state index in [0.29, 0.717) is 29.2 Å². The second kappa shape index (κ2) is 7.98. The molecule has 0 radical (unpaired) electrons. The zero-order valence-corrected chi connectivity index (χ0v) is 18.8. The van der Waals surface area contributed by atoms with Crippen LogP contribution >= 0.6 is 0 Å². The van der Waals surface area contributed by atoms with Gasteiger partial charge in [0.15, 0.2) is 0 Å². The largest absolute Gasteiger partial charge is 0.417 e. The van der Waals surface area contributed by atoms with E-state index >= 15 is 0 Å². The molecule has 0 bridgehead atoms. The number of ether oxygens (including phenoxy) is 1. The number of hydrogen-bond donors (Lipinski definition) is 1. The van der Waals surface area contributed by atoms with Crippen molar-refractivity contribution in [2.75, 3.05) is 5.73 Å². The lowest BCUT2D eigenvalue weighted by Crippen LogP contribution is -2.36. The van der Waals surface area contributed by atoms with Crippen LogP contribution in [0.5, 0.6) is 0 Å². The minimum absolute atomic E-state index is 0.0842. The first kappa shape index (κ1) is 23.0. The number of halogens is 3. The summed E-state index contributed by atoms with van der Waals surface area (Å²) >= 11 is 0. The van der Waals surface area contributed by atoms with Gasteiger partial charge in [0.1, 0.15) is 5.82 Å². The van der Waals surface area contributed by atoms with E-state index in [9.17, 15) is 18.0 Å². The zero-order valence-electron chi connectivity index (χ0n) is 18.8. The van der Waals surface area contributed by atoms with E-state index in [-0.39, 0.29) is 18.5 Å². The molecule has 1 amide bonds. The third kappa shape index (κ3) is 4.25. The number of alkyl halides is 3. The summed E-state index contributed by atoms with van der Waals surface area (Å²) in [5, 5.41) is 0.798. The Bertz CT molecular complexity index is 1220. The fraction of sp³-hybridized carbons (Fsp3) is 0.375. The fourth-order valence-corrected chi connectivity index (χ4v) is 4.14. The van der Waals surface area contributed by atoms with Crippen LogP contribution in [0.2, 0.25) is 0 Å². The summed E-state index contributed by atoms with van der Waals surface area (Å²) in [5.74, 6) is 0.161. The number of anilines is 1. The van der Waals surface area contributed by atoms with Gasteiger partial charge in [0.05, 0.1) is 35.5 Å². The van der Waals surface area contributed by atoms with Crippen LogP contribution in [0.3, 0.4) is 0 Å². The molecule has 174 valence electrons. The number of benzene rings is 1. The Kier molecular flexibility index (Phi) is 5.56. The molecule has 33 heavy (non-hydrogen) atoms. The number of pyridine rings is 2. The predicted molar refractivity (Wildman–Crippen MR) is 118 cm³/mol. The molecule has 1 aliphatic heterocycles. The maximum Gasteiger partial charge on any atom is 0.417 e. The van der Waals surface area contributed by atoms with Gasteiger partial charge in [-0.2, -0.15) is 13.2 Å². The molecule has 2 aromatic heterocycles. The van der Waals surface area contributed by atoms with Gasteiger partial charge in [0.25, 0.3) is 5.91 Å². The molecule has 6 nitrogen and oxygen atoms in total. The van der Waals surface area contributed by atoms with Crippen LogP contribution in [0.25, 0.3) is 10.9 Å². The molecule has 1 aromatic carbocycles. The molecule has 1 aliphatic rings. The molecule has 3 aromatic rings. The molecule has 0 aliphatic carbocycles. The molecular formula is C24H25F3N4O2. The van der Waals surface area contributed by atoms with Crippen molar-refractivity contribution < 1.29 is 22.7 Å². The molecule has 2 N–H and O–H groups in total. The van der Waals surface area contributed by atoms with Crippen molar-refractivity contribution in [2.45, 2.75) is 58.7 Å². The number of rotatable bonds is 4. The molecule has 0 saturated heterocycles. The smallest absolute Gasteiger partial charge is 0.383 e. The fourth-order valence-electron chi connectivity index (χ4n) is 4.14. The van der Waals surface area contributed by atoms with Gasteiger partial charge in [-0.1, -0.05) is 0 Å². The minimum Gasteiger partial charge on any atom is -0.383 e. The van der Waals surface area contributed by atoms with E-state index in [4.69, 9.17) is 10.5 Å². The lowest BCUT2D eigenvalue weighted by atomic mass is 9.93. The topological polar surface area (TPSA) is 81.3 Å². The summed E-state index contributed by atoms with van der Waals surface area (Å²) in [7, 11) is 0. The molecule has 9 heteroatoms. The monoisotopic (exact) mass is 458 g/mol.